The number of hydrogen-bond donors (Lipinski definition) is 2. The summed E-state index contributed by atoms with van der Waals surface area (Å²) in [6, 6.07) is 16.2. The van der Waals surface area contributed by atoms with Crippen molar-refractivity contribution in [2.24, 2.45) is 5.16 Å². The van der Waals surface area contributed by atoms with Crippen molar-refractivity contribution in [3.8, 4) is 0 Å². The number of benzene rings is 2. The Morgan fingerprint density at radius 1 is 1.17 bits per heavy atom. The third-order valence-corrected chi connectivity index (χ3v) is 5.20. The van der Waals surface area contributed by atoms with Crippen molar-refractivity contribution in [1.82, 2.24) is 5.32 Å². The summed E-state index contributed by atoms with van der Waals surface area (Å²) in [5.41, 5.74) is 2.51. The molecule has 2 aromatic rings. The maximum atomic E-state index is 12.8. The molecule has 2 amide bonds. The molecule has 29 heavy (non-hydrogen) atoms. The van der Waals surface area contributed by atoms with Gasteiger partial charge >= 0.3 is 6.09 Å². The van der Waals surface area contributed by atoms with Gasteiger partial charge in [0.15, 0.2) is 0 Å². The van der Waals surface area contributed by atoms with Gasteiger partial charge in [0.25, 0.3) is 0 Å². The van der Waals surface area contributed by atoms with E-state index in [0.29, 0.717) is 36.1 Å². The molecule has 0 saturated carbocycles. The average molecular weight is 460 g/mol. The van der Waals surface area contributed by atoms with Crippen LogP contribution in [0.3, 0.4) is 0 Å². The number of oxime groups is 1. The largest absolute Gasteiger partial charge is 0.444 e. The predicted octanol–water partition coefficient (Wildman–Crippen LogP) is 3.83. The van der Waals surface area contributed by atoms with E-state index in [1.807, 2.05) is 54.6 Å². The molecule has 1 unspecified atom stereocenters. The smallest absolute Gasteiger partial charge is 0.415 e. The highest BCUT2D eigenvalue weighted by molar-refractivity contribution is 9.18. The molecule has 152 valence electrons. The summed E-state index contributed by atoms with van der Waals surface area (Å²) in [6.07, 6.45) is 0.998. The van der Waals surface area contributed by atoms with Gasteiger partial charge in [-0.1, -0.05) is 53.7 Å². The number of rotatable bonds is 7. The van der Waals surface area contributed by atoms with E-state index < -0.39 is 12.1 Å². The molecule has 1 atom stereocenters. The molecular formula is C21H22BrN3O4. The zero-order valence-corrected chi connectivity index (χ0v) is 17.3. The highest BCUT2D eigenvalue weighted by Gasteiger charge is 2.39. The van der Waals surface area contributed by atoms with E-state index in [0.717, 1.165) is 11.1 Å². The zero-order valence-electron chi connectivity index (χ0n) is 15.8. The van der Waals surface area contributed by atoms with Gasteiger partial charge in [0.2, 0.25) is 5.91 Å². The third-order valence-electron chi connectivity index (χ3n) is 4.65. The first-order valence-corrected chi connectivity index (χ1v) is 10.1. The lowest BCUT2D eigenvalue weighted by Gasteiger charge is -2.24. The SMILES string of the molecule is O=C(NCCC/C(Br)=N\O)C1Cc2ccccc2N1C(=O)OCc1ccccc1. The van der Waals surface area contributed by atoms with Gasteiger partial charge in [0, 0.05) is 19.4 Å². The fourth-order valence-corrected chi connectivity index (χ4v) is 3.50. The van der Waals surface area contributed by atoms with Crippen LogP contribution in [0.5, 0.6) is 0 Å². The molecule has 0 fully saturated rings. The summed E-state index contributed by atoms with van der Waals surface area (Å²) in [6.45, 7) is 0.546. The molecule has 0 bridgehead atoms. The van der Waals surface area contributed by atoms with Crippen LogP contribution >= 0.6 is 15.9 Å². The molecule has 1 aliphatic rings. The van der Waals surface area contributed by atoms with Crippen molar-refractivity contribution in [2.75, 3.05) is 11.4 Å². The molecule has 0 aromatic heterocycles. The Hall–Kier alpha value is -2.87. The molecule has 3 rings (SSSR count). The van der Waals surface area contributed by atoms with Gasteiger partial charge in [-0.15, -0.1) is 0 Å². The number of nitrogens with zero attached hydrogens (tertiary/aromatic N) is 2. The first-order chi connectivity index (χ1) is 14.1. The number of fused-ring (bicyclic) bond motifs is 1. The number of ether oxygens (including phenoxy) is 1. The number of anilines is 1. The second-order valence-electron chi connectivity index (χ2n) is 6.63. The first-order valence-electron chi connectivity index (χ1n) is 9.32. The second-order valence-corrected chi connectivity index (χ2v) is 7.55. The normalized spacial score (nSPS) is 15.7. The van der Waals surface area contributed by atoms with Gasteiger partial charge in [-0.25, -0.2) is 4.79 Å². The summed E-state index contributed by atoms with van der Waals surface area (Å²) in [7, 11) is 0. The molecule has 0 saturated heterocycles. The van der Waals surface area contributed by atoms with Crippen molar-refractivity contribution in [1.29, 1.82) is 0 Å². The topological polar surface area (TPSA) is 91.2 Å². The minimum absolute atomic E-state index is 0.140. The maximum Gasteiger partial charge on any atom is 0.415 e. The standard InChI is InChI=1S/C21H22BrN3O4/c22-19(24-28)11-6-12-23-20(26)18-13-16-9-4-5-10-17(16)25(18)21(27)29-14-15-7-2-1-3-8-15/h1-5,7-10,18,28H,6,11-14H2,(H,23,26)/b24-19+. The van der Waals surface area contributed by atoms with E-state index in [4.69, 9.17) is 9.94 Å². The number of para-hydroxylation sites is 1. The monoisotopic (exact) mass is 459 g/mol. The minimum atomic E-state index is -0.661. The summed E-state index contributed by atoms with van der Waals surface area (Å²) in [4.78, 5) is 27.0. The number of carbonyl (C=O) groups is 2. The lowest BCUT2D eigenvalue weighted by molar-refractivity contribution is -0.122. The van der Waals surface area contributed by atoms with Crippen LogP contribution in [0, 0.1) is 0 Å². The number of nitrogens with one attached hydrogen (secondary N) is 1. The Morgan fingerprint density at radius 3 is 2.66 bits per heavy atom. The summed E-state index contributed by atoms with van der Waals surface area (Å²) < 4.78 is 5.90. The summed E-state index contributed by atoms with van der Waals surface area (Å²) in [5.74, 6) is -0.241. The van der Waals surface area contributed by atoms with Gasteiger partial charge < -0.3 is 15.3 Å². The summed E-state index contributed by atoms with van der Waals surface area (Å²) >= 11 is 3.11. The minimum Gasteiger partial charge on any atom is -0.444 e. The predicted molar refractivity (Wildman–Crippen MR) is 113 cm³/mol. The van der Waals surface area contributed by atoms with Gasteiger partial charge in [0.05, 0.1) is 5.69 Å². The van der Waals surface area contributed by atoms with Crippen LogP contribution in [-0.2, 0) is 22.6 Å². The number of amides is 2. The molecule has 2 N–H and O–H groups in total. The molecule has 0 radical (unpaired) electrons. The van der Waals surface area contributed by atoms with Gasteiger partial charge in [-0.2, -0.15) is 0 Å². The quantitative estimate of drug-likeness (QED) is 0.284. The Balaban J connectivity index is 1.65. The number of carbonyl (C=O) groups excluding carboxylic acids is 2. The summed E-state index contributed by atoms with van der Waals surface area (Å²) in [5, 5.41) is 14.5. The number of hydrogen-bond acceptors (Lipinski definition) is 5. The van der Waals surface area contributed by atoms with Gasteiger partial charge in [0.1, 0.15) is 17.3 Å². The van der Waals surface area contributed by atoms with Crippen molar-refractivity contribution < 1.29 is 19.5 Å². The van der Waals surface area contributed by atoms with Crippen molar-refractivity contribution in [3.63, 3.8) is 0 Å². The maximum absolute atomic E-state index is 12.8. The van der Waals surface area contributed by atoms with Gasteiger partial charge in [-0.3, -0.25) is 9.69 Å². The second kappa shape index (κ2) is 10.1. The van der Waals surface area contributed by atoms with Crippen LogP contribution < -0.4 is 10.2 Å². The Labute approximate surface area is 177 Å². The third kappa shape index (κ3) is 5.35. The van der Waals surface area contributed by atoms with E-state index in [9.17, 15) is 9.59 Å². The molecule has 1 heterocycles. The van der Waals surface area contributed by atoms with Crippen LogP contribution in [0.25, 0.3) is 0 Å². The fraction of sp³-hybridized carbons (Fsp3) is 0.286. The van der Waals surface area contributed by atoms with Crippen molar-refractivity contribution in [3.05, 3.63) is 65.7 Å². The Morgan fingerprint density at radius 2 is 1.90 bits per heavy atom. The van der Waals surface area contributed by atoms with Crippen LogP contribution in [0.1, 0.15) is 24.0 Å². The fourth-order valence-electron chi connectivity index (χ4n) is 3.22. The highest BCUT2D eigenvalue weighted by atomic mass is 79.9. The highest BCUT2D eigenvalue weighted by Crippen LogP contribution is 2.32. The van der Waals surface area contributed by atoms with E-state index >= 15 is 0 Å². The lowest BCUT2D eigenvalue weighted by Crippen LogP contribution is -2.48. The Bertz CT molecular complexity index is 889. The van der Waals surface area contributed by atoms with Crippen molar-refractivity contribution in [2.45, 2.75) is 31.9 Å². The molecule has 0 aliphatic carbocycles. The Kier molecular flexibility index (Phi) is 7.24. The molecule has 1 aliphatic heterocycles. The lowest BCUT2D eigenvalue weighted by atomic mass is 10.1. The van der Waals surface area contributed by atoms with Gasteiger partial charge in [-0.05, 0) is 39.5 Å². The van der Waals surface area contributed by atoms with Crippen LogP contribution in [0.2, 0.25) is 0 Å². The molecule has 8 heteroatoms. The van der Waals surface area contributed by atoms with E-state index in [-0.39, 0.29) is 12.5 Å². The van der Waals surface area contributed by atoms with Crippen LogP contribution in [-0.4, -0.2) is 34.4 Å². The zero-order chi connectivity index (χ0) is 20.6. The van der Waals surface area contributed by atoms with E-state index in [1.165, 1.54) is 4.90 Å². The van der Waals surface area contributed by atoms with E-state index in [1.54, 1.807) is 0 Å². The first kappa shape index (κ1) is 20.9. The average Bonchev–Trinajstić information content (AvgIpc) is 3.15. The molecule has 0 spiro atoms. The van der Waals surface area contributed by atoms with Crippen LogP contribution in [0.15, 0.2) is 59.8 Å². The van der Waals surface area contributed by atoms with Crippen LogP contribution in [0.4, 0.5) is 10.5 Å². The van der Waals surface area contributed by atoms with Crippen molar-refractivity contribution >= 4 is 38.2 Å². The van der Waals surface area contributed by atoms with E-state index in [2.05, 4.69) is 26.4 Å². The molecular weight excluding hydrogens is 438 g/mol. The molecule has 2 aromatic carbocycles. The number of halogens is 1. The molecule has 7 nitrogen and oxygen atoms in total.